The first-order valence-corrected chi connectivity index (χ1v) is 4.18. The van der Waals surface area contributed by atoms with E-state index < -0.39 is 0 Å². The highest BCUT2D eigenvalue weighted by molar-refractivity contribution is 4.89. The molecule has 0 aromatic carbocycles. The van der Waals surface area contributed by atoms with Gasteiger partial charge in [0.15, 0.2) is 0 Å². The van der Waals surface area contributed by atoms with Crippen LogP contribution in [0, 0.1) is 18.3 Å². The first kappa shape index (κ1) is 5.76. The summed E-state index contributed by atoms with van der Waals surface area (Å²) >= 11 is 0. The van der Waals surface area contributed by atoms with Gasteiger partial charge in [-0.3, -0.25) is 0 Å². The lowest BCUT2D eigenvalue weighted by Crippen LogP contribution is -2.20. The van der Waals surface area contributed by atoms with Crippen molar-refractivity contribution in [1.29, 1.82) is 0 Å². The molecule has 0 bridgehead atoms. The van der Waals surface area contributed by atoms with E-state index in [9.17, 15) is 0 Å². The maximum atomic E-state index is 3.44. The summed E-state index contributed by atoms with van der Waals surface area (Å²) in [5.74, 6) is 2.01. The topological polar surface area (TPSA) is 0 Å². The molecular weight excluding hydrogens is 108 g/mol. The van der Waals surface area contributed by atoms with Gasteiger partial charge in [0, 0.05) is 0 Å². The van der Waals surface area contributed by atoms with Gasteiger partial charge in [-0.15, -0.1) is 0 Å². The van der Waals surface area contributed by atoms with Crippen molar-refractivity contribution in [3.8, 4) is 0 Å². The molecule has 50 valence electrons. The van der Waals surface area contributed by atoms with E-state index in [1.54, 1.807) is 0 Å². The second-order valence-corrected chi connectivity index (χ2v) is 3.47. The lowest BCUT2D eigenvalue weighted by Gasteiger charge is -2.33. The first-order chi connectivity index (χ1) is 4.45. The molecule has 1 unspecified atom stereocenters. The van der Waals surface area contributed by atoms with Gasteiger partial charge in [-0.2, -0.15) is 0 Å². The van der Waals surface area contributed by atoms with Crippen LogP contribution in [0.4, 0.5) is 0 Å². The Kier molecular flexibility index (Phi) is 1.48. The van der Waals surface area contributed by atoms with Crippen LogP contribution in [-0.2, 0) is 0 Å². The van der Waals surface area contributed by atoms with Crippen molar-refractivity contribution in [3.63, 3.8) is 0 Å². The second-order valence-electron chi connectivity index (χ2n) is 3.47. The van der Waals surface area contributed by atoms with E-state index in [-0.39, 0.29) is 0 Å². The maximum Gasteiger partial charge on any atom is -0.0139 e. The highest BCUT2D eigenvalue weighted by Crippen LogP contribution is 2.38. The third-order valence-electron chi connectivity index (χ3n) is 2.77. The molecule has 0 spiro atoms. The van der Waals surface area contributed by atoms with Crippen LogP contribution >= 0.6 is 0 Å². The summed E-state index contributed by atoms with van der Waals surface area (Å²) in [5.41, 5.74) is 0. The standard InChI is InChI=1S/C9H14/c1-3-8(4-1)7-9-5-2-6-9/h8-9H,1-5,7H2. The van der Waals surface area contributed by atoms with Crippen LogP contribution in [0.25, 0.3) is 0 Å². The van der Waals surface area contributed by atoms with Crippen LogP contribution < -0.4 is 0 Å². The molecule has 2 aliphatic rings. The Morgan fingerprint density at radius 1 is 1.22 bits per heavy atom. The molecule has 9 heavy (non-hydrogen) atoms. The van der Waals surface area contributed by atoms with Crippen molar-refractivity contribution in [3.05, 3.63) is 6.42 Å². The van der Waals surface area contributed by atoms with Gasteiger partial charge >= 0.3 is 0 Å². The SMILES string of the molecule is [C]1CCC1CC1CCC1. The lowest BCUT2D eigenvalue weighted by atomic mass is 9.72. The van der Waals surface area contributed by atoms with E-state index in [0.29, 0.717) is 0 Å². The number of hydrogen-bond acceptors (Lipinski definition) is 0. The Morgan fingerprint density at radius 3 is 2.33 bits per heavy atom. The van der Waals surface area contributed by atoms with Gasteiger partial charge in [0.25, 0.3) is 0 Å². The van der Waals surface area contributed by atoms with Crippen molar-refractivity contribution < 1.29 is 0 Å². The molecule has 0 heteroatoms. The molecule has 2 fully saturated rings. The van der Waals surface area contributed by atoms with E-state index in [4.69, 9.17) is 0 Å². The van der Waals surface area contributed by atoms with Crippen molar-refractivity contribution >= 4 is 0 Å². The summed E-state index contributed by atoms with van der Waals surface area (Å²) in [4.78, 5) is 0. The van der Waals surface area contributed by atoms with Crippen molar-refractivity contribution in [1.82, 2.24) is 0 Å². The zero-order valence-corrected chi connectivity index (χ0v) is 5.90. The van der Waals surface area contributed by atoms with Gasteiger partial charge in [-0.1, -0.05) is 19.3 Å². The molecule has 0 aromatic heterocycles. The van der Waals surface area contributed by atoms with Crippen LogP contribution in [-0.4, -0.2) is 0 Å². The smallest absolute Gasteiger partial charge is 0.0139 e. The third-order valence-corrected chi connectivity index (χ3v) is 2.77. The molecule has 2 rings (SSSR count). The fourth-order valence-electron chi connectivity index (χ4n) is 1.68. The predicted octanol–water partition coefficient (Wildman–Crippen LogP) is 2.67. The van der Waals surface area contributed by atoms with Crippen LogP contribution in [0.2, 0.25) is 0 Å². The fraction of sp³-hybridized carbons (Fsp3) is 0.889. The summed E-state index contributed by atoms with van der Waals surface area (Å²) in [6.45, 7) is 0. The van der Waals surface area contributed by atoms with E-state index >= 15 is 0 Å². The quantitative estimate of drug-likeness (QED) is 0.528. The molecule has 0 amide bonds. The molecule has 2 radical (unpaired) electrons. The normalized spacial score (nSPS) is 29.3. The minimum Gasteiger partial charge on any atom is -0.0528 e. The molecule has 0 saturated heterocycles. The average molecular weight is 122 g/mol. The van der Waals surface area contributed by atoms with Crippen molar-refractivity contribution in [2.45, 2.75) is 38.5 Å². The van der Waals surface area contributed by atoms with E-state index in [1.165, 1.54) is 38.5 Å². The van der Waals surface area contributed by atoms with Crippen LogP contribution in [0.15, 0.2) is 0 Å². The lowest BCUT2D eigenvalue weighted by molar-refractivity contribution is 0.232. The second kappa shape index (κ2) is 2.32. The Morgan fingerprint density at radius 2 is 2.00 bits per heavy atom. The highest BCUT2D eigenvalue weighted by Gasteiger charge is 2.25. The zero-order chi connectivity index (χ0) is 6.10. The van der Waals surface area contributed by atoms with Gasteiger partial charge in [-0.25, -0.2) is 0 Å². The van der Waals surface area contributed by atoms with Crippen LogP contribution in [0.5, 0.6) is 0 Å². The summed E-state index contributed by atoms with van der Waals surface area (Å²) in [5, 5.41) is 0. The van der Waals surface area contributed by atoms with Crippen molar-refractivity contribution in [2.75, 3.05) is 0 Å². The zero-order valence-electron chi connectivity index (χ0n) is 5.90. The minimum atomic E-state index is 0.912. The Labute approximate surface area is 57.6 Å². The van der Waals surface area contributed by atoms with E-state index in [2.05, 4.69) is 6.42 Å². The summed E-state index contributed by atoms with van der Waals surface area (Å²) < 4.78 is 0. The predicted molar refractivity (Wildman–Crippen MR) is 37.9 cm³/mol. The third kappa shape index (κ3) is 1.12. The Hall–Kier alpha value is 0. The summed E-state index contributed by atoms with van der Waals surface area (Å²) in [7, 11) is 0. The summed E-state index contributed by atoms with van der Waals surface area (Å²) in [6.07, 6.45) is 12.2. The van der Waals surface area contributed by atoms with E-state index in [0.717, 1.165) is 11.8 Å². The van der Waals surface area contributed by atoms with Crippen LogP contribution in [0.1, 0.15) is 38.5 Å². The molecular formula is C9H14. The molecule has 2 aliphatic carbocycles. The van der Waals surface area contributed by atoms with Crippen molar-refractivity contribution in [2.24, 2.45) is 11.8 Å². The molecule has 0 N–H and O–H groups in total. The average Bonchev–Trinajstić information content (AvgIpc) is 1.57. The first-order valence-electron chi connectivity index (χ1n) is 4.18. The molecule has 0 nitrogen and oxygen atoms in total. The largest absolute Gasteiger partial charge is 0.0528 e. The molecule has 0 aromatic rings. The van der Waals surface area contributed by atoms with E-state index in [1.807, 2.05) is 0 Å². The Balaban J connectivity index is 1.64. The number of hydrogen-bond donors (Lipinski definition) is 0. The molecule has 2 saturated carbocycles. The summed E-state index contributed by atoms with van der Waals surface area (Å²) in [6, 6.07) is 0. The highest BCUT2D eigenvalue weighted by atomic mass is 14.3. The van der Waals surface area contributed by atoms with Gasteiger partial charge in [0.1, 0.15) is 0 Å². The fourth-order valence-corrected chi connectivity index (χ4v) is 1.68. The maximum absolute atomic E-state index is 3.44. The van der Waals surface area contributed by atoms with Crippen LogP contribution in [0.3, 0.4) is 0 Å². The minimum absolute atomic E-state index is 0.912. The molecule has 1 atom stereocenters. The van der Waals surface area contributed by atoms with Gasteiger partial charge in [-0.05, 0) is 37.5 Å². The Bertz CT molecular complexity index is 76.2. The van der Waals surface area contributed by atoms with Gasteiger partial charge in [0.05, 0.1) is 0 Å². The molecule has 0 heterocycles. The van der Waals surface area contributed by atoms with Gasteiger partial charge in [0.2, 0.25) is 0 Å². The molecule has 0 aliphatic heterocycles. The number of rotatable bonds is 2. The monoisotopic (exact) mass is 122 g/mol. The van der Waals surface area contributed by atoms with Gasteiger partial charge < -0.3 is 0 Å².